The zero-order valence-electron chi connectivity index (χ0n) is 16.3. The van der Waals surface area contributed by atoms with Crippen LogP contribution in [-0.4, -0.2) is 41.6 Å². The molecule has 0 radical (unpaired) electrons. The highest BCUT2D eigenvalue weighted by Gasteiger charge is 2.19. The zero-order valence-corrected chi connectivity index (χ0v) is 16.3. The first-order chi connectivity index (χ1) is 14.2. The molecule has 8 nitrogen and oxygen atoms in total. The average molecular weight is 390 g/mol. The predicted octanol–water partition coefficient (Wildman–Crippen LogP) is 2.55. The van der Waals surface area contributed by atoms with Crippen molar-refractivity contribution in [1.29, 1.82) is 0 Å². The number of fused-ring (bicyclic) bond motifs is 1. The Kier molecular flexibility index (Phi) is 5.24. The van der Waals surface area contributed by atoms with Crippen LogP contribution in [0.5, 0.6) is 5.75 Å². The number of anilines is 3. The zero-order chi connectivity index (χ0) is 20.2. The maximum atomic E-state index is 11.8. The van der Waals surface area contributed by atoms with Gasteiger partial charge >= 0.3 is 0 Å². The lowest BCUT2D eigenvalue weighted by molar-refractivity contribution is 0.0963. The summed E-state index contributed by atoms with van der Waals surface area (Å²) in [6, 6.07) is 13.3. The van der Waals surface area contributed by atoms with Gasteiger partial charge in [-0.3, -0.25) is 4.79 Å². The van der Waals surface area contributed by atoms with Crippen LogP contribution in [0.25, 0.3) is 0 Å². The standard InChI is InChI=1S/C21H22N6O2/c1-22-19(28)15-4-3-5-17(10-15)25-20-23-13-24-21(26-20)27-9-8-14-6-7-18(29-2)11-16(14)12-27/h3-7,10-11,13H,8-9,12H2,1-2H3,(H,22,28)(H,23,24,25,26). The number of rotatable bonds is 5. The molecule has 0 atom stereocenters. The van der Waals surface area contributed by atoms with E-state index in [0.717, 1.165) is 24.4 Å². The van der Waals surface area contributed by atoms with Crippen molar-refractivity contribution in [2.75, 3.05) is 30.9 Å². The van der Waals surface area contributed by atoms with Crippen LogP contribution in [0.4, 0.5) is 17.6 Å². The highest BCUT2D eigenvalue weighted by atomic mass is 16.5. The van der Waals surface area contributed by atoms with E-state index < -0.39 is 0 Å². The molecular weight excluding hydrogens is 368 g/mol. The molecule has 8 heteroatoms. The van der Waals surface area contributed by atoms with Crippen LogP contribution in [0.3, 0.4) is 0 Å². The fourth-order valence-electron chi connectivity index (χ4n) is 3.34. The van der Waals surface area contributed by atoms with E-state index in [1.165, 1.54) is 17.5 Å². The summed E-state index contributed by atoms with van der Waals surface area (Å²) in [4.78, 5) is 27.1. The van der Waals surface area contributed by atoms with Crippen molar-refractivity contribution in [2.45, 2.75) is 13.0 Å². The molecule has 0 saturated heterocycles. The maximum absolute atomic E-state index is 11.8. The quantitative estimate of drug-likeness (QED) is 0.692. The first-order valence-electron chi connectivity index (χ1n) is 9.35. The molecule has 0 unspecified atom stereocenters. The lowest BCUT2D eigenvalue weighted by atomic mass is 10.00. The number of amides is 1. The van der Waals surface area contributed by atoms with Crippen LogP contribution in [0, 0.1) is 0 Å². The molecule has 0 fully saturated rings. The predicted molar refractivity (Wildman–Crippen MR) is 111 cm³/mol. The number of hydrogen-bond donors (Lipinski definition) is 2. The third-order valence-electron chi connectivity index (χ3n) is 4.88. The molecule has 1 aliphatic heterocycles. The van der Waals surface area contributed by atoms with Crippen LogP contribution < -0.4 is 20.3 Å². The van der Waals surface area contributed by atoms with E-state index in [-0.39, 0.29) is 5.91 Å². The Bertz CT molecular complexity index is 1040. The lowest BCUT2D eigenvalue weighted by Gasteiger charge is -2.29. The molecule has 2 N–H and O–H groups in total. The van der Waals surface area contributed by atoms with Crippen LogP contribution in [-0.2, 0) is 13.0 Å². The molecule has 0 aliphatic carbocycles. The van der Waals surface area contributed by atoms with E-state index in [4.69, 9.17) is 4.74 Å². The smallest absolute Gasteiger partial charge is 0.251 e. The summed E-state index contributed by atoms with van der Waals surface area (Å²) >= 11 is 0. The van der Waals surface area contributed by atoms with E-state index >= 15 is 0 Å². The van der Waals surface area contributed by atoms with Gasteiger partial charge in [-0.25, -0.2) is 9.97 Å². The number of carbonyl (C=O) groups is 1. The summed E-state index contributed by atoms with van der Waals surface area (Å²) in [6.07, 6.45) is 2.41. The van der Waals surface area contributed by atoms with Crippen LogP contribution in [0.2, 0.25) is 0 Å². The highest BCUT2D eigenvalue weighted by Crippen LogP contribution is 2.26. The number of carbonyl (C=O) groups excluding carboxylic acids is 1. The fraction of sp³-hybridized carbons (Fsp3) is 0.238. The van der Waals surface area contributed by atoms with Gasteiger partial charge in [0.05, 0.1) is 7.11 Å². The second-order valence-corrected chi connectivity index (χ2v) is 6.70. The molecular formula is C21H22N6O2. The molecule has 2 heterocycles. The average Bonchev–Trinajstić information content (AvgIpc) is 2.78. The molecule has 0 spiro atoms. The van der Waals surface area contributed by atoms with Gasteiger partial charge in [0.2, 0.25) is 11.9 Å². The molecule has 2 aromatic carbocycles. The molecule has 1 aliphatic rings. The number of nitrogens with one attached hydrogen (secondary N) is 2. The van der Waals surface area contributed by atoms with E-state index in [1.807, 2.05) is 18.2 Å². The Morgan fingerprint density at radius 2 is 2.03 bits per heavy atom. The van der Waals surface area contributed by atoms with Crippen molar-refractivity contribution in [3.63, 3.8) is 0 Å². The third-order valence-corrected chi connectivity index (χ3v) is 4.88. The minimum Gasteiger partial charge on any atom is -0.497 e. The minimum absolute atomic E-state index is 0.146. The van der Waals surface area contributed by atoms with Crippen LogP contribution >= 0.6 is 0 Å². The number of methoxy groups -OCH3 is 1. The van der Waals surface area contributed by atoms with E-state index in [0.29, 0.717) is 24.0 Å². The maximum Gasteiger partial charge on any atom is 0.251 e. The largest absolute Gasteiger partial charge is 0.497 e. The van der Waals surface area contributed by atoms with Crippen molar-refractivity contribution in [3.05, 3.63) is 65.5 Å². The summed E-state index contributed by atoms with van der Waals surface area (Å²) in [5.74, 6) is 1.74. The first-order valence-corrected chi connectivity index (χ1v) is 9.35. The van der Waals surface area contributed by atoms with Crippen LogP contribution in [0.15, 0.2) is 48.8 Å². The molecule has 29 heavy (non-hydrogen) atoms. The summed E-state index contributed by atoms with van der Waals surface area (Å²) in [5.41, 5.74) is 3.83. The second kappa shape index (κ2) is 8.14. The summed E-state index contributed by atoms with van der Waals surface area (Å²) < 4.78 is 5.34. The van der Waals surface area contributed by atoms with Gasteiger partial charge in [-0.2, -0.15) is 4.98 Å². The van der Waals surface area contributed by atoms with Crippen molar-refractivity contribution in [3.8, 4) is 5.75 Å². The van der Waals surface area contributed by atoms with E-state index in [2.05, 4.69) is 42.6 Å². The Morgan fingerprint density at radius 3 is 2.86 bits per heavy atom. The molecule has 0 bridgehead atoms. The summed E-state index contributed by atoms with van der Waals surface area (Å²) in [5, 5.41) is 5.77. The van der Waals surface area contributed by atoms with Crippen LogP contribution in [0.1, 0.15) is 21.5 Å². The topological polar surface area (TPSA) is 92.3 Å². The molecule has 3 aromatic rings. The molecule has 4 rings (SSSR count). The van der Waals surface area contributed by atoms with Gasteiger partial charge in [0.1, 0.15) is 12.1 Å². The SMILES string of the molecule is CNC(=O)c1cccc(Nc2ncnc(N3CCc4ccc(OC)cc4C3)n2)c1. The van der Waals surface area contributed by atoms with E-state index in [1.54, 1.807) is 26.3 Å². The Balaban J connectivity index is 1.53. The lowest BCUT2D eigenvalue weighted by Crippen LogP contribution is -2.32. The number of aromatic nitrogens is 3. The summed E-state index contributed by atoms with van der Waals surface area (Å²) in [6.45, 7) is 1.54. The molecule has 1 amide bonds. The Labute approximate surface area is 169 Å². The van der Waals surface area contributed by atoms with Gasteiger partial charge in [-0.15, -0.1) is 0 Å². The second-order valence-electron chi connectivity index (χ2n) is 6.70. The van der Waals surface area contributed by atoms with Crippen molar-refractivity contribution < 1.29 is 9.53 Å². The number of nitrogens with zero attached hydrogens (tertiary/aromatic N) is 4. The van der Waals surface area contributed by atoms with Gasteiger partial charge < -0.3 is 20.3 Å². The van der Waals surface area contributed by atoms with E-state index in [9.17, 15) is 4.79 Å². The number of ether oxygens (including phenoxy) is 1. The molecule has 148 valence electrons. The van der Waals surface area contributed by atoms with Gasteiger partial charge in [-0.05, 0) is 47.9 Å². The number of hydrogen-bond acceptors (Lipinski definition) is 7. The van der Waals surface area contributed by atoms with Gasteiger partial charge in [-0.1, -0.05) is 12.1 Å². The fourth-order valence-corrected chi connectivity index (χ4v) is 3.34. The van der Waals surface area contributed by atoms with Gasteiger partial charge in [0.25, 0.3) is 5.91 Å². The molecule has 0 saturated carbocycles. The van der Waals surface area contributed by atoms with Crippen molar-refractivity contribution in [2.24, 2.45) is 0 Å². The number of benzene rings is 2. The van der Waals surface area contributed by atoms with Crippen molar-refractivity contribution >= 4 is 23.5 Å². The first kappa shape index (κ1) is 18.7. The Morgan fingerprint density at radius 1 is 1.14 bits per heavy atom. The van der Waals surface area contributed by atoms with Gasteiger partial charge in [0.15, 0.2) is 0 Å². The van der Waals surface area contributed by atoms with Crippen molar-refractivity contribution in [1.82, 2.24) is 20.3 Å². The molecule has 1 aromatic heterocycles. The monoisotopic (exact) mass is 390 g/mol. The highest BCUT2D eigenvalue weighted by molar-refractivity contribution is 5.95. The normalized spacial score (nSPS) is 12.8. The summed E-state index contributed by atoms with van der Waals surface area (Å²) in [7, 11) is 3.28. The van der Waals surface area contributed by atoms with Gasteiger partial charge in [0, 0.05) is 31.4 Å². The minimum atomic E-state index is -0.146. The Hall–Kier alpha value is -3.68. The third kappa shape index (κ3) is 4.11.